The summed E-state index contributed by atoms with van der Waals surface area (Å²) in [6.07, 6.45) is 0. The molecule has 2 heterocycles. The molecule has 0 atom stereocenters. The van der Waals surface area contributed by atoms with Crippen molar-refractivity contribution in [2.24, 2.45) is 0 Å². The molecule has 3 aromatic rings. The number of hydrogen-bond donors (Lipinski definition) is 4. The van der Waals surface area contributed by atoms with Crippen LogP contribution in [-0.4, -0.2) is 51.2 Å². The molecule has 0 unspecified atom stereocenters. The van der Waals surface area contributed by atoms with Gasteiger partial charge in [0.1, 0.15) is 0 Å². The average molecular weight is 518 g/mol. The van der Waals surface area contributed by atoms with Gasteiger partial charge in [-0.15, -0.1) is 0 Å². The van der Waals surface area contributed by atoms with E-state index >= 15 is 0 Å². The van der Waals surface area contributed by atoms with E-state index in [1.807, 2.05) is 42.5 Å². The zero-order chi connectivity index (χ0) is 25.8. The largest absolute Gasteiger partial charge is 0.354 e. The summed E-state index contributed by atoms with van der Waals surface area (Å²) >= 11 is 0. The number of amides is 1. The van der Waals surface area contributed by atoms with Gasteiger partial charge in [0.25, 0.3) is 5.91 Å². The summed E-state index contributed by atoms with van der Waals surface area (Å²) in [6.45, 7) is 6.58. The minimum Gasteiger partial charge on any atom is -0.354 e. The Morgan fingerprint density at radius 1 is 0.946 bits per heavy atom. The summed E-state index contributed by atoms with van der Waals surface area (Å²) in [5.41, 5.74) is 5.76. The maximum atomic E-state index is 13.2. The van der Waals surface area contributed by atoms with Crippen molar-refractivity contribution in [2.45, 2.75) is 13.5 Å². The molecule has 0 aromatic heterocycles. The lowest BCUT2D eigenvalue weighted by molar-refractivity contribution is -0.110. The molecular formula is C28H31N5O3S. The molecule has 9 heteroatoms. The second-order valence-corrected chi connectivity index (χ2v) is 11.2. The van der Waals surface area contributed by atoms with Gasteiger partial charge in [0.05, 0.1) is 17.0 Å². The molecule has 0 bridgehead atoms. The summed E-state index contributed by atoms with van der Waals surface area (Å²) in [4.78, 5) is 15.6. The smallest absolute Gasteiger partial charge is 0.258 e. The quantitative estimate of drug-likeness (QED) is 0.339. The fourth-order valence-corrected chi connectivity index (χ4v) is 5.21. The monoisotopic (exact) mass is 517 g/mol. The molecule has 4 N–H and O–H groups in total. The third-order valence-corrected chi connectivity index (χ3v) is 7.88. The number of fused-ring (bicyclic) bond motifs is 1. The molecule has 1 fully saturated rings. The molecule has 37 heavy (non-hydrogen) atoms. The summed E-state index contributed by atoms with van der Waals surface area (Å²) < 4.78 is 26.9. The fraction of sp³-hybridized carbons (Fsp3) is 0.250. The highest BCUT2D eigenvalue weighted by Crippen LogP contribution is 2.39. The summed E-state index contributed by atoms with van der Waals surface area (Å²) in [6, 6.07) is 23.0. The van der Waals surface area contributed by atoms with Crippen molar-refractivity contribution in [3.63, 3.8) is 0 Å². The van der Waals surface area contributed by atoms with Crippen LogP contribution in [0.4, 0.5) is 17.1 Å². The lowest BCUT2D eigenvalue weighted by atomic mass is 9.99. The van der Waals surface area contributed by atoms with Crippen molar-refractivity contribution in [3.8, 4) is 0 Å². The topological polar surface area (TPSA) is 103 Å². The van der Waals surface area contributed by atoms with Crippen molar-refractivity contribution >= 4 is 44.3 Å². The van der Waals surface area contributed by atoms with Crippen LogP contribution >= 0.6 is 0 Å². The van der Waals surface area contributed by atoms with E-state index in [0.29, 0.717) is 28.2 Å². The normalized spacial score (nSPS) is 17.2. The highest BCUT2D eigenvalue weighted by molar-refractivity contribution is 7.92. The van der Waals surface area contributed by atoms with Gasteiger partial charge < -0.3 is 16.0 Å². The Kier molecular flexibility index (Phi) is 7.27. The SMILES string of the molecule is CCS(=O)(=O)Nc1ccc2c(c1)/C(=C(/Nc1ccc(CN3CCNCC3)cc1)c1ccccc1)C(=O)N2. The van der Waals surface area contributed by atoms with Gasteiger partial charge in [-0.2, -0.15) is 0 Å². The van der Waals surface area contributed by atoms with E-state index < -0.39 is 10.0 Å². The van der Waals surface area contributed by atoms with Gasteiger partial charge in [-0.25, -0.2) is 8.42 Å². The van der Waals surface area contributed by atoms with Crippen molar-refractivity contribution in [1.82, 2.24) is 10.2 Å². The number of carbonyl (C=O) groups excluding carboxylic acids is 1. The van der Waals surface area contributed by atoms with Gasteiger partial charge in [0.2, 0.25) is 10.0 Å². The Morgan fingerprint density at radius 2 is 1.65 bits per heavy atom. The van der Waals surface area contributed by atoms with Crippen molar-refractivity contribution < 1.29 is 13.2 Å². The molecule has 0 saturated carbocycles. The molecule has 0 spiro atoms. The first kappa shape index (κ1) is 25.0. The van der Waals surface area contributed by atoms with E-state index in [9.17, 15) is 13.2 Å². The molecule has 8 nitrogen and oxygen atoms in total. The third-order valence-electron chi connectivity index (χ3n) is 6.57. The first-order valence-corrected chi connectivity index (χ1v) is 14.1. The first-order valence-electron chi connectivity index (χ1n) is 12.5. The van der Waals surface area contributed by atoms with E-state index in [-0.39, 0.29) is 11.7 Å². The minimum absolute atomic E-state index is 0.0363. The lowest BCUT2D eigenvalue weighted by Crippen LogP contribution is -2.42. The Balaban J connectivity index is 1.49. The summed E-state index contributed by atoms with van der Waals surface area (Å²) in [7, 11) is -3.45. The average Bonchev–Trinajstić information content (AvgIpc) is 3.24. The number of piperazine rings is 1. The van der Waals surface area contributed by atoms with E-state index in [0.717, 1.165) is 44.0 Å². The predicted molar refractivity (Wildman–Crippen MR) is 150 cm³/mol. The third kappa shape index (κ3) is 5.85. The minimum atomic E-state index is -3.45. The Bertz CT molecular complexity index is 1410. The standard InChI is InChI=1S/C28H31N5O3S/c1-2-37(35,36)32-23-12-13-25-24(18-23)26(28(34)31-25)27(21-6-4-3-5-7-21)30-22-10-8-20(9-11-22)19-33-16-14-29-15-17-33/h3-13,18,29-30,32H,2,14-17,19H2,1H3,(H,31,34)/b27-26-. The van der Waals surface area contributed by atoms with Crippen LogP contribution in [-0.2, 0) is 21.4 Å². The van der Waals surface area contributed by atoms with Gasteiger partial charge in [-0.05, 0) is 48.4 Å². The highest BCUT2D eigenvalue weighted by atomic mass is 32.2. The molecule has 0 radical (unpaired) electrons. The van der Waals surface area contributed by atoms with E-state index in [2.05, 4.69) is 37.7 Å². The number of sulfonamides is 1. The lowest BCUT2D eigenvalue weighted by Gasteiger charge is -2.27. The zero-order valence-corrected chi connectivity index (χ0v) is 21.6. The predicted octanol–water partition coefficient (Wildman–Crippen LogP) is 3.79. The second-order valence-electron chi connectivity index (χ2n) is 9.18. The zero-order valence-electron chi connectivity index (χ0n) is 20.8. The number of hydrogen-bond acceptors (Lipinski definition) is 6. The molecule has 1 saturated heterocycles. The Hall–Kier alpha value is -3.66. The summed E-state index contributed by atoms with van der Waals surface area (Å²) in [5.74, 6) is -0.280. The maximum Gasteiger partial charge on any atom is 0.258 e. The van der Waals surface area contributed by atoms with E-state index in [1.54, 1.807) is 25.1 Å². The van der Waals surface area contributed by atoms with E-state index in [4.69, 9.17) is 0 Å². The van der Waals surface area contributed by atoms with Gasteiger partial charge in [-0.3, -0.25) is 14.4 Å². The molecule has 3 aromatic carbocycles. The Labute approximate surface area is 217 Å². The molecule has 192 valence electrons. The fourth-order valence-electron chi connectivity index (χ4n) is 4.58. The molecule has 2 aliphatic heterocycles. The van der Waals surface area contributed by atoms with Crippen LogP contribution in [0.5, 0.6) is 0 Å². The molecule has 1 amide bonds. The molecule has 0 aliphatic carbocycles. The number of carbonyl (C=O) groups is 1. The Morgan fingerprint density at radius 3 is 2.35 bits per heavy atom. The molecule has 5 rings (SSSR count). The van der Waals surface area contributed by atoms with Crippen LogP contribution in [0.3, 0.4) is 0 Å². The van der Waals surface area contributed by atoms with Crippen molar-refractivity contribution in [2.75, 3.05) is 47.3 Å². The van der Waals surface area contributed by atoms with Crippen molar-refractivity contribution in [1.29, 1.82) is 0 Å². The number of nitrogens with one attached hydrogen (secondary N) is 4. The summed E-state index contributed by atoms with van der Waals surface area (Å²) in [5, 5.41) is 9.77. The van der Waals surface area contributed by atoms with Crippen LogP contribution in [0.2, 0.25) is 0 Å². The van der Waals surface area contributed by atoms with Crippen LogP contribution in [0.15, 0.2) is 72.8 Å². The first-order chi connectivity index (χ1) is 17.9. The van der Waals surface area contributed by atoms with Crippen LogP contribution in [0, 0.1) is 0 Å². The van der Waals surface area contributed by atoms with Gasteiger partial charge in [0.15, 0.2) is 0 Å². The highest BCUT2D eigenvalue weighted by Gasteiger charge is 2.29. The van der Waals surface area contributed by atoms with Crippen LogP contribution in [0.25, 0.3) is 11.3 Å². The van der Waals surface area contributed by atoms with Crippen molar-refractivity contribution in [3.05, 3.63) is 89.5 Å². The van der Waals surface area contributed by atoms with Gasteiger partial charge in [-0.1, -0.05) is 42.5 Å². The van der Waals surface area contributed by atoms with Gasteiger partial charge >= 0.3 is 0 Å². The maximum absolute atomic E-state index is 13.2. The number of rotatable bonds is 8. The molecule has 2 aliphatic rings. The van der Waals surface area contributed by atoms with Crippen LogP contribution in [0.1, 0.15) is 23.6 Å². The number of benzene rings is 3. The number of anilines is 3. The number of nitrogens with zero attached hydrogens (tertiary/aromatic N) is 1. The second kappa shape index (κ2) is 10.8. The van der Waals surface area contributed by atoms with Crippen LogP contribution < -0.4 is 20.7 Å². The van der Waals surface area contributed by atoms with Gasteiger partial charge in [0, 0.05) is 55.3 Å². The molecular weight excluding hydrogens is 486 g/mol. The van der Waals surface area contributed by atoms with E-state index in [1.165, 1.54) is 5.56 Å².